The van der Waals surface area contributed by atoms with Crippen LogP contribution in [0.25, 0.3) is 0 Å². The van der Waals surface area contributed by atoms with Crippen molar-refractivity contribution in [1.29, 1.82) is 0 Å². The van der Waals surface area contributed by atoms with Gasteiger partial charge in [-0.05, 0) is 31.6 Å². The van der Waals surface area contributed by atoms with Crippen LogP contribution >= 0.6 is 17.0 Å². The van der Waals surface area contributed by atoms with E-state index in [-0.39, 0.29) is 0 Å². The van der Waals surface area contributed by atoms with Crippen molar-refractivity contribution in [3.05, 3.63) is 0 Å². The summed E-state index contributed by atoms with van der Waals surface area (Å²) in [6.45, 7) is 6.87. The van der Waals surface area contributed by atoms with Crippen molar-refractivity contribution in [2.45, 2.75) is 38.9 Å². The summed E-state index contributed by atoms with van der Waals surface area (Å²) in [6.07, 6.45) is 2.23. The first kappa shape index (κ1) is 12.9. The zero-order valence-electron chi connectivity index (χ0n) is 7.95. The largest absolute Gasteiger partial charge is 0.331 e. The van der Waals surface area contributed by atoms with Gasteiger partial charge >= 0.3 is 0 Å². The molecule has 0 aliphatic heterocycles. The van der Waals surface area contributed by atoms with Gasteiger partial charge in [-0.25, -0.2) is 0 Å². The maximum atomic E-state index is 5.85. The van der Waals surface area contributed by atoms with Crippen LogP contribution in [-0.2, 0) is 16.3 Å². The molecule has 2 nitrogen and oxygen atoms in total. The van der Waals surface area contributed by atoms with Crippen molar-refractivity contribution in [1.82, 2.24) is 0 Å². The second kappa shape index (κ2) is 6.39. The molecule has 0 bridgehead atoms. The predicted molar refractivity (Wildman–Crippen MR) is 62.1 cm³/mol. The average molecular weight is 227 g/mol. The molecule has 0 aromatic heterocycles. The summed E-state index contributed by atoms with van der Waals surface area (Å²) < 4.78 is 5.33. The molecule has 74 valence electrons. The Labute approximate surface area is 84.5 Å². The van der Waals surface area contributed by atoms with Crippen molar-refractivity contribution in [2.75, 3.05) is 6.61 Å². The van der Waals surface area contributed by atoms with E-state index in [0.717, 1.165) is 12.8 Å². The van der Waals surface area contributed by atoms with Crippen LogP contribution in [0.3, 0.4) is 0 Å². The molecule has 2 N–H and O–H groups in total. The van der Waals surface area contributed by atoms with Gasteiger partial charge in [0, 0.05) is 5.25 Å². The maximum absolute atomic E-state index is 5.85. The molecule has 0 amide bonds. The van der Waals surface area contributed by atoms with E-state index in [4.69, 9.17) is 21.8 Å². The second-order valence-electron chi connectivity index (χ2n) is 2.50. The Morgan fingerprint density at radius 2 is 1.92 bits per heavy atom. The Hall–Kier alpha value is 0.920. The Balaban J connectivity index is 3.94. The molecule has 1 unspecified atom stereocenters. The van der Waals surface area contributed by atoms with Gasteiger partial charge in [0.1, 0.15) is 0 Å². The maximum Gasteiger partial charge on any atom is 0.183 e. The first-order valence-corrected chi connectivity index (χ1v) is 8.54. The summed E-state index contributed by atoms with van der Waals surface area (Å²) in [5, 5.41) is 0.562. The topological polar surface area (TPSA) is 35.2 Å². The lowest BCUT2D eigenvalue weighted by Crippen LogP contribution is -2.03. The van der Waals surface area contributed by atoms with Gasteiger partial charge < -0.3 is 4.52 Å². The standard InChI is InChI=1S/C7H18NOPS2/c1-4-7(5-2)12-10(8,11)9-6-3/h7H,4-6H2,1-3H3,(H2,8,11). The summed E-state index contributed by atoms with van der Waals surface area (Å²) >= 11 is 6.83. The molecule has 0 heterocycles. The lowest BCUT2D eigenvalue weighted by atomic mass is 10.3. The van der Waals surface area contributed by atoms with Gasteiger partial charge in [0.05, 0.1) is 6.61 Å². The molecule has 0 aromatic rings. The van der Waals surface area contributed by atoms with Crippen LogP contribution in [0.15, 0.2) is 0 Å². The fourth-order valence-corrected chi connectivity index (χ4v) is 6.04. The normalized spacial score (nSPS) is 16.4. The molecule has 0 aliphatic rings. The van der Waals surface area contributed by atoms with Gasteiger partial charge in [0.15, 0.2) is 5.62 Å². The predicted octanol–water partition coefficient (Wildman–Crippen LogP) is 3.13. The lowest BCUT2D eigenvalue weighted by molar-refractivity contribution is 0.385. The first-order chi connectivity index (χ1) is 5.55. The first-order valence-electron chi connectivity index (χ1n) is 4.27. The molecule has 1 atom stereocenters. The van der Waals surface area contributed by atoms with Crippen LogP contribution in [0.5, 0.6) is 0 Å². The Morgan fingerprint density at radius 3 is 2.25 bits per heavy atom. The van der Waals surface area contributed by atoms with E-state index >= 15 is 0 Å². The van der Waals surface area contributed by atoms with Crippen LogP contribution in [0, 0.1) is 0 Å². The number of hydrogen-bond acceptors (Lipinski definition) is 3. The summed E-state index contributed by atoms with van der Waals surface area (Å²) in [6, 6.07) is 0. The summed E-state index contributed by atoms with van der Waals surface area (Å²) in [7, 11) is 0. The van der Waals surface area contributed by atoms with Crippen LogP contribution in [-0.4, -0.2) is 11.9 Å². The summed E-state index contributed by atoms with van der Waals surface area (Å²) in [5.74, 6) is 0. The Morgan fingerprint density at radius 1 is 1.42 bits per heavy atom. The molecule has 5 heteroatoms. The molecular weight excluding hydrogens is 209 g/mol. The zero-order chi connectivity index (χ0) is 9.61. The van der Waals surface area contributed by atoms with Gasteiger partial charge in [-0.3, -0.25) is 5.50 Å². The Kier molecular flexibility index (Phi) is 6.87. The Bertz CT molecular complexity index is 161. The third-order valence-electron chi connectivity index (χ3n) is 1.52. The van der Waals surface area contributed by atoms with Crippen molar-refractivity contribution < 1.29 is 4.52 Å². The number of hydrogen-bond donors (Lipinski definition) is 1. The number of rotatable bonds is 6. The van der Waals surface area contributed by atoms with Crippen LogP contribution in [0.1, 0.15) is 33.6 Å². The van der Waals surface area contributed by atoms with E-state index in [9.17, 15) is 0 Å². The molecule has 0 aliphatic carbocycles. The van der Waals surface area contributed by atoms with Gasteiger partial charge in [-0.1, -0.05) is 25.2 Å². The monoisotopic (exact) mass is 227 g/mol. The smallest absolute Gasteiger partial charge is 0.183 e. The zero-order valence-corrected chi connectivity index (χ0v) is 10.5. The van der Waals surface area contributed by atoms with E-state index in [1.807, 2.05) is 6.92 Å². The minimum atomic E-state index is -2.03. The molecule has 0 aromatic carbocycles. The highest BCUT2D eigenvalue weighted by Crippen LogP contribution is 2.55. The van der Waals surface area contributed by atoms with Crippen molar-refractivity contribution in [3.8, 4) is 0 Å². The van der Waals surface area contributed by atoms with Crippen LogP contribution in [0.2, 0.25) is 0 Å². The highest BCUT2D eigenvalue weighted by Gasteiger charge is 2.16. The highest BCUT2D eigenvalue weighted by atomic mass is 32.9. The van der Waals surface area contributed by atoms with E-state index in [1.165, 1.54) is 0 Å². The van der Waals surface area contributed by atoms with Crippen molar-refractivity contribution in [2.24, 2.45) is 5.50 Å². The molecular formula is C7H18NOPS2. The third kappa shape index (κ3) is 5.55. The fourth-order valence-electron chi connectivity index (χ4n) is 0.856. The van der Waals surface area contributed by atoms with Crippen LogP contribution < -0.4 is 5.50 Å². The molecule has 0 spiro atoms. The van der Waals surface area contributed by atoms with Crippen LogP contribution in [0.4, 0.5) is 0 Å². The molecule has 0 radical (unpaired) electrons. The summed E-state index contributed by atoms with van der Waals surface area (Å²) in [5.41, 5.74) is 3.81. The number of nitrogens with two attached hydrogens (primary N) is 1. The van der Waals surface area contributed by atoms with Crippen molar-refractivity contribution >= 4 is 28.8 Å². The van der Waals surface area contributed by atoms with E-state index in [0.29, 0.717) is 11.9 Å². The highest BCUT2D eigenvalue weighted by molar-refractivity contribution is 8.68. The van der Waals surface area contributed by atoms with Gasteiger partial charge in [0.25, 0.3) is 0 Å². The van der Waals surface area contributed by atoms with Gasteiger partial charge in [-0.15, -0.1) is 0 Å². The minimum absolute atomic E-state index is 0.562. The lowest BCUT2D eigenvalue weighted by Gasteiger charge is -2.20. The van der Waals surface area contributed by atoms with E-state index < -0.39 is 5.62 Å². The second-order valence-corrected chi connectivity index (χ2v) is 9.30. The summed E-state index contributed by atoms with van der Waals surface area (Å²) in [4.78, 5) is 0. The minimum Gasteiger partial charge on any atom is -0.331 e. The van der Waals surface area contributed by atoms with Gasteiger partial charge in [0.2, 0.25) is 0 Å². The van der Waals surface area contributed by atoms with Crippen molar-refractivity contribution in [3.63, 3.8) is 0 Å². The SMILES string of the molecule is CCOP(N)(=S)SC(CC)CC. The molecule has 0 rings (SSSR count). The molecule has 12 heavy (non-hydrogen) atoms. The van der Waals surface area contributed by atoms with E-state index in [1.54, 1.807) is 11.4 Å². The molecule has 0 fully saturated rings. The average Bonchev–Trinajstić information content (AvgIpc) is 2.00. The third-order valence-corrected chi connectivity index (χ3v) is 6.58. The van der Waals surface area contributed by atoms with E-state index in [2.05, 4.69) is 13.8 Å². The fraction of sp³-hybridized carbons (Fsp3) is 1.00. The molecule has 0 saturated carbocycles. The quantitative estimate of drug-likeness (QED) is 0.707. The van der Waals surface area contributed by atoms with Gasteiger partial charge in [-0.2, -0.15) is 0 Å². The molecule has 0 saturated heterocycles.